The molecular formula is C18H16N4OS. The molecule has 6 heteroatoms. The average Bonchev–Trinajstić information content (AvgIpc) is 3.01. The summed E-state index contributed by atoms with van der Waals surface area (Å²) in [7, 11) is 0. The number of aromatic nitrogens is 2. The molecule has 1 aliphatic heterocycles. The first-order valence-electron chi connectivity index (χ1n) is 7.91. The molecule has 120 valence electrons. The van der Waals surface area contributed by atoms with E-state index in [9.17, 15) is 4.79 Å². The first kappa shape index (κ1) is 15.1. The van der Waals surface area contributed by atoms with E-state index < -0.39 is 0 Å². The van der Waals surface area contributed by atoms with Crippen LogP contribution >= 0.6 is 11.3 Å². The van der Waals surface area contributed by atoms with Crippen LogP contribution in [0.2, 0.25) is 0 Å². The molecule has 24 heavy (non-hydrogen) atoms. The molecule has 0 fully saturated rings. The number of hydrogen-bond acceptors (Lipinski definition) is 5. The number of nitriles is 1. The lowest BCUT2D eigenvalue weighted by Crippen LogP contribution is -2.26. The quantitative estimate of drug-likeness (QED) is 0.781. The Balaban J connectivity index is 1.83. The summed E-state index contributed by atoms with van der Waals surface area (Å²) in [5.41, 5.74) is 2.79. The van der Waals surface area contributed by atoms with Crippen LogP contribution < -0.4 is 10.9 Å². The minimum Gasteiger partial charge on any atom is -0.312 e. The van der Waals surface area contributed by atoms with Gasteiger partial charge in [0.1, 0.15) is 4.83 Å². The van der Waals surface area contributed by atoms with Crippen molar-refractivity contribution in [2.75, 3.05) is 6.54 Å². The Morgan fingerprint density at radius 2 is 2.17 bits per heavy atom. The van der Waals surface area contributed by atoms with Crippen molar-refractivity contribution in [3.05, 3.63) is 62.5 Å². The van der Waals surface area contributed by atoms with Crippen LogP contribution in [0.1, 0.15) is 34.5 Å². The van der Waals surface area contributed by atoms with E-state index in [1.807, 2.05) is 19.1 Å². The summed E-state index contributed by atoms with van der Waals surface area (Å²) in [6.45, 7) is 3.70. The van der Waals surface area contributed by atoms with Crippen LogP contribution in [-0.2, 0) is 13.0 Å². The first-order chi connectivity index (χ1) is 11.7. The van der Waals surface area contributed by atoms with Gasteiger partial charge in [0.15, 0.2) is 0 Å². The van der Waals surface area contributed by atoms with Crippen molar-refractivity contribution in [3.63, 3.8) is 0 Å². The highest BCUT2D eigenvalue weighted by Crippen LogP contribution is 2.30. The van der Waals surface area contributed by atoms with Gasteiger partial charge in [0.2, 0.25) is 0 Å². The van der Waals surface area contributed by atoms with Crippen molar-refractivity contribution in [1.29, 1.82) is 5.26 Å². The average molecular weight is 336 g/mol. The minimum absolute atomic E-state index is 0.0243. The second-order valence-electron chi connectivity index (χ2n) is 5.98. The van der Waals surface area contributed by atoms with Crippen LogP contribution in [0.5, 0.6) is 0 Å². The van der Waals surface area contributed by atoms with Crippen molar-refractivity contribution < 1.29 is 0 Å². The number of fused-ring (bicyclic) bond motifs is 3. The zero-order valence-electron chi connectivity index (χ0n) is 13.2. The Hall–Kier alpha value is -2.49. The third-order valence-electron chi connectivity index (χ3n) is 4.60. The van der Waals surface area contributed by atoms with E-state index >= 15 is 0 Å². The highest BCUT2D eigenvalue weighted by Gasteiger charge is 2.21. The molecule has 5 nitrogen and oxygen atoms in total. The van der Waals surface area contributed by atoms with Gasteiger partial charge in [0, 0.05) is 11.4 Å². The maximum Gasteiger partial charge on any atom is 0.262 e. The highest BCUT2D eigenvalue weighted by molar-refractivity contribution is 7.18. The zero-order valence-corrected chi connectivity index (χ0v) is 14.1. The minimum atomic E-state index is -0.126. The molecule has 3 aromatic rings. The molecule has 3 heterocycles. The van der Waals surface area contributed by atoms with Gasteiger partial charge in [-0.2, -0.15) is 5.26 Å². The van der Waals surface area contributed by atoms with E-state index in [0.717, 1.165) is 40.9 Å². The number of nitrogens with one attached hydrogen (secondary N) is 1. The van der Waals surface area contributed by atoms with Gasteiger partial charge in [-0.25, -0.2) is 4.98 Å². The molecule has 0 unspecified atom stereocenters. The fourth-order valence-corrected chi connectivity index (χ4v) is 4.35. The summed E-state index contributed by atoms with van der Waals surface area (Å²) in [5.74, 6) is 0. The van der Waals surface area contributed by atoms with Crippen molar-refractivity contribution >= 4 is 21.6 Å². The van der Waals surface area contributed by atoms with Crippen LogP contribution in [0.15, 0.2) is 35.4 Å². The Bertz CT molecular complexity index is 1010. The van der Waals surface area contributed by atoms with Gasteiger partial charge in [0.05, 0.1) is 29.4 Å². The van der Waals surface area contributed by atoms with Gasteiger partial charge in [-0.15, -0.1) is 11.3 Å². The highest BCUT2D eigenvalue weighted by atomic mass is 32.1. The SMILES string of the molecule is C[C@H](c1ccc(C#N)cc1)n1cnc2sc3c(c2c1=O)CCNC3. The molecule has 0 spiro atoms. The van der Waals surface area contributed by atoms with Crippen LogP contribution in [0.3, 0.4) is 0 Å². The third kappa shape index (κ3) is 2.33. The van der Waals surface area contributed by atoms with Crippen LogP contribution in [0, 0.1) is 11.3 Å². The van der Waals surface area contributed by atoms with Crippen molar-refractivity contribution in [2.45, 2.75) is 25.9 Å². The van der Waals surface area contributed by atoms with E-state index in [-0.39, 0.29) is 11.6 Å². The lowest BCUT2D eigenvalue weighted by Gasteiger charge is -2.16. The molecule has 0 saturated heterocycles. The van der Waals surface area contributed by atoms with E-state index in [1.165, 1.54) is 4.88 Å². The Kier molecular flexibility index (Phi) is 3.68. The lowest BCUT2D eigenvalue weighted by atomic mass is 10.1. The fraction of sp³-hybridized carbons (Fsp3) is 0.278. The van der Waals surface area contributed by atoms with Gasteiger partial charge in [-0.1, -0.05) is 12.1 Å². The summed E-state index contributed by atoms with van der Waals surface area (Å²) in [4.78, 5) is 19.6. The lowest BCUT2D eigenvalue weighted by molar-refractivity contribution is 0.607. The summed E-state index contributed by atoms with van der Waals surface area (Å²) >= 11 is 1.61. The molecule has 1 aliphatic rings. The third-order valence-corrected chi connectivity index (χ3v) is 5.74. The smallest absolute Gasteiger partial charge is 0.262 e. The number of benzene rings is 1. The van der Waals surface area contributed by atoms with E-state index in [0.29, 0.717) is 5.56 Å². The van der Waals surface area contributed by atoms with E-state index in [1.54, 1.807) is 34.4 Å². The first-order valence-corrected chi connectivity index (χ1v) is 8.73. The van der Waals surface area contributed by atoms with Gasteiger partial charge >= 0.3 is 0 Å². The van der Waals surface area contributed by atoms with Crippen molar-refractivity contribution in [2.24, 2.45) is 0 Å². The van der Waals surface area contributed by atoms with Gasteiger partial charge in [-0.05, 0) is 43.1 Å². The molecule has 1 N–H and O–H groups in total. The molecular weight excluding hydrogens is 320 g/mol. The predicted molar refractivity (Wildman–Crippen MR) is 94.3 cm³/mol. The summed E-state index contributed by atoms with van der Waals surface area (Å²) < 4.78 is 1.69. The van der Waals surface area contributed by atoms with Crippen molar-refractivity contribution in [1.82, 2.24) is 14.9 Å². The Labute approximate surface area is 143 Å². The zero-order chi connectivity index (χ0) is 16.7. The molecule has 0 bridgehead atoms. The topological polar surface area (TPSA) is 70.7 Å². The molecule has 1 atom stereocenters. The summed E-state index contributed by atoms with van der Waals surface area (Å²) in [5, 5.41) is 13.0. The maximum atomic E-state index is 13.1. The van der Waals surface area contributed by atoms with E-state index in [4.69, 9.17) is 5.26 Å². The second-order valence-corrected chi connectivity index (χ2v) is 7.06. The molecule has 0 aliphatic carbocycles. The molecule has 4 rings (SSSR count). The molecule has 0 radical (unpaired) electrons. The van der Waals surface area contributed by atoms with Gasteiger partial charge in [0.25, 0.3) is 5.56 Å². The van der Waals surface area contributed by atoms with E-state index in [2.05, 4.69) is 16.4 Å². The Morgan fingerprint density at radius 1 is 1.38 bits per heavy atom. The molecule has 2 aromatic heterocycles. The summed E-state index contributed by atoms with van der Waals surface area (Å²) in [6, 6.07) is 9.34. The molecule has 1 aromatic carbocycles. The second kappa shape index (κ2) is 5.86. The standard InChI is InChI=1S/C18H16N4OS/c1-11(13-4-2-12(8-19)3-5-13)22-10-21-17-16(18(22)23)14-6-7-20-9-15(14)24-17/h2-5,10-11,20H,6-7,9H2,1H3/t11-/m1/s1. The number of nitrogens with zero attached hydrogens (tertiary/aromatic N) is 3. The number of hydrogen-bond donors (Lipinski definition) is 1. The van der Waals surface area contributed by atoms with Crippen LogP contribution in [0.25, 0.3) is 10.2 Å². The summed E-state index contributed by atoms with van der Waals surface area (Å²) in [6.07, 6.45) is 2.52. The largest absolute Gasteiger partial charge is 0.312 e. The monoisotopic (exact) mass is 336 g/mol. The molecule has 0 amide bonds. The van der Waals surface area contributed by atoms with Crippen LogP contribution in [-0.4, -0.2) is 16.1 Å². The predicted octanol–water partition coefficient (Wildman–Crippen LogP) is 2.58. The fourth-order valence-electron chi connectivity index (χ4n) is 3.20. The number of rotatable bonds is 2. The Morgan fingerprint density at radius 3 is 2.92 bits per heavy atom. The normalized spacial score (nSPS) is 15.0. The number of thiophene rings is 1. The maximum absolute atomic E-state index is 13.1. The van der Waals surface area contributed by atoms with Gasteiger partial charge < -0.3 is 5.32 Å². The molecule has 0 saturated carbocycles. The van der Waals surface area contributed by atoms with Crippen molar-refractivity contribution in [3.8, 4) is 6.07 Å². The van der Waals surface area contributed by atoms with Crippen LogP contribution in [0.4, 0.5) is 0 Å². The van der Waals surface area contributed by atoms with Gasteiger partial charge in [-0.3, -0.25) is 9.36 Å².